The number of nitrogens with one attached hydrogen (secondary N) is 1. The van der Waals surface area contributed by atoms with Crippen LogP contribution in [0, 0.1) is 0 Å². The summed E-state index contributed by atoms with van der Waals surface area (Å²) >= 11 is 11.7. The van der Waals surface area contributed by atoms with Gasteiger partial charge in [-0.05, 0) is 19.1 Å². The van der Waals surface area contributed by atoms with Crippen LogP contribution in [0.5, 0.6) is 0 Å². The average molecular weight is 403 g/mol. The summed E-state index contributed by atoms with van der Waals surface area (Å²) in [5.74, 6) is -2.78. The molecule has 1 aliphatic rings. The zero-order chi connectivity index (χ0) is 19.4. The molecule has 0 radical (unpaired) electrons. The van der Waals surface area contributed by atoms with Gasteiger partial charge in [0.15, 0.2) is 6.10 Å². The number of halogens is 2. The average Bonchev–Trinajstić information content (AvgIpc) is 2.80. The second kappa shape index (κ2) is 8.48. The molecular weight excluding hydrogens is 387 g/mol. The topological polar surface area (TPSA) is 102 Å². The molecule has 1 aromatic rings. The Morgan fingerprint density at radius 2 is 1.69 bits per heavy atom. The van der Waals surface area contributed by atoms with Crippen LogP contribution in [0.1, 0.15) is 27.6 Å². The summed E-state index contributed by atoms with van der Waals surface area (Å²) in [6.45, 7) is 1.32. The normalized spacial score (nSPS) is 14.2. The lowest BCUT2D eigenvalue weighted by Gasteiger charge is -2.16. The Kier molecular flexibility index (Phi) is 6.57. The molecule has 8 nitrogen and oxygen atoms in total. The number of imide groups is 1. The Bertz CT molecular complexity index is 726. The van der Waals surface area contributed by atoms with E-state index >= 15 is 0 Å². The highest BCUT2D eigenvalue weighted by atomic mass is 35.5. The molecule has 10 heteroatoms. The lowest BCUT2D eigenvalue weighted by molar-refractivity contribution is -0.155. The van der Waals surface area contributed by atoms with E-state index in [2.05, 4.69) is 5.32 Å². The van der Waals surface area contributed by atoms with Gasteiger partial charge in [0.25, 0.3) is 17.7 Å². The van der Waals surface area contributed by atoms with Crippen molar-refractivity contribution in [3.05, 3.63) is 33.3 Å². The van der Waals surface area contributed by atoms with Gasteiger partial charge in [0, 0.05) is 13.7 Å². The van der Waals surface area contributed by atoms with Crippen LogP contribution < -0.4 is 5.32 Å². The van der Waals surface area contributed by atoms with Crippen molar-refractivity contribution < 1.29 is 28.7 Å². The van der Waals surface area contributed by atoms with E-state index in [4.69, 9.17) is 32.7 Å². The number of ether oxygens (including phenoxy) is 2. The largest absolute Gasteiger partial charge is 0.451 e. The maximum Gasteiger partial charge on any atom is 0.326 e. The molecule has 0 aromatic heterocycles. The zero-order valence-corrected chi connectivity index (χ0v) is 15.5. The zero-order valence-electron chi connectivity index (χ0n) is 14.0. The maximum absolute atomic E-state index is 12.3. The fourth-order valence-corrected chi connectivity index (χ4v) is 2.59. The Morgan fingerprint density at radius 3 is 2.19 bits per heavy atom. The number of hydrogen-bond acceptors (Lipinski definition) is 6. The molecule has 0 spiro atoms. The molecule has 0 saturated heterocycles. The minimum Gasteiger partial charge on any atom is -0.451 e. The van der Waals surface area contributed by atoms with Gasteiger partial charge in [-0.3, -0.25) is 24.1 Å². The number of esters is 1. The van der Waals surface area contributed by atoms with Crippen LogP contribution in [-0.4, -0.2) is 61.5 Å². The first kappa shape index (κ1) is 20.2. The van der Waals surface area contributed by atoms with Crippen molar-refractivity contribution in [2.45, 2.75) is 13.0 Å². The van der Waals surface area contributed by atoms with Gasteiger partial charge in [-0.2, -0.15) is 0 Å². The Morgan fingerprint density at radius 1 is 1.15 bits per heavy atom. The molecule has 26 heavy (non-hydrogen) atoms. The molecule has 1 aliphatic heterocycles. The highest BCUT2D eigenvalue weighted by Crippen LogP contribution is 2.31. The number of amides is 3. The van der Waals surface area contributed by atoms with Gasteiger partial charge in [-0.15, -0.1) is 0 Å². The van der Waals surface area contributed by atoms with E-state index < -0.39 is 36.3 Å². The molecule has 0 bridgehead atoms. The lowest BCUT2D eigenvalue weighted by atomic mass is 10.1. The summed E-state index contributed by atoms with van der Waals surface area (Å²) in [6.07, 6.45) is -1.08. The molecular formula is C16H16Cl2N2O6. The molecule has 0 aliphatic carbocycles. The SMILES string of the molecule is COCCNC(=O)[C@@H](C)OC(=O)CN1C(=O)c2cc(Cl)c(Cl)cc2C1=O. The molecule has 140 valence electrons. The predicted molar refractivity (Wildman–Crippen MR) is 92.3 cm³/mol. The van der Waals surface area contributed by atoms with Crippen molar-refractivity contribution in [2.24, 2.45) is 0 Å². The lowest BCUT2D eigenvalue weighted by Crippen LogP contribution is -2.41. The highest BCUT2D eigenvalue weighted by Gasteiger charge is 2.38. The highest BCUT2D eigenvalue weighted by molar-refractivity contribution is 6.43. The van der Waals surface area contributed by atoms with Crippen molar-refractivity contribution in [3.8, 4) is 0 Å². The van der Waals surface area contributed by atoms with Gasteiger partial charge in [0.1, 0.15) is 6.54 Å². The maximum atomic E-state index is 12.3. The molecule has 0 unspecified atom stereocenters. The van der Waals surface area contributed by atoms with Gasteiger partial charge in [-0.25, -0.2) is 0 Å². The van der Waals surface area contributed by atoms with E-state index in [1.165, 1.54) is 26.2 Å². The number of nitrogens with zero attached hydrogens (tertiary/aromatic N) is 1. The van der Waals surface area contributed by atoms with Crippen LogP contribution in [0.3, 0.4) is 0 Å². The van der Waals surface area contributed by atoms with Gasteiger partial charge < -0.3 is 14.8 Å². The third-order valence-electron chi connectivity index (χ3n) is 3.58. The third-order valence-corrected chi connectivity index (χ3v) is 4.30. The third kappa shape index (κ3) is 4.32. The number of fused-ring (bicyclic) bond motifs is 1. The molecule has 1 N–H and O–H groups in total. The first-order valence-corrected chi connectivity index (χ1v) is 8.33. The molecule has 1 aromatic carbocycles. The summed E-state index contributed by atoms with van der Waals surface area (Å²) in [6, 6.07) is 2.55. The number of methoxy groups -OCH3 is 1. The fraction of sp³-hybridized carbons (Fsp3) is 0.375. The second-order valence-electron chi connectivity index (χ2n) is 5.42. The predicted octanol–water partition coefficient (Wildman–Crippen LogP) is 1.28. The molecule has 3 amide bonds. The summed E-state index contributed by atoms with van der Waals surface area (Å²) in [5, 5.41) is 2.75. The van der Waals surface area contributed by atoms with Crippen molar-refractivity contribution in [1.29, 1.82) is 0 Å². The van der Waals surface area contributed by atoms with Crippen LogP contribution in [0.2, 0.25) is 10.0 Å². The Labute approximate surface area is 159 Å². The van der Waals surface area contributed by atoms with E-state index in [-0.39, 0.29) is 27.7 Å². The van der Waals surface area contributed by atoms with Crippen LogP contribution >= 0.6 is 23.2 Å². The van der Waals surface area contributed by atoms with E-state index in [0.29, 0.717) is 6.61 Å². The molecule has 2 rings (SSSR count). The Hall–Kier alpha value is -2.16. The first-order chi connectivity index (χ1) is 12.3. The smallest absolute Gasteiger partial charge is 0.326 e. The van der Waals surface area contributed by atoms with Crippen molar-refractivity contribution >= 4 is 46.9 Å². The second-order valence-corrected chi connectivity index (χ2v) is 6.24. The summed E-state index contributed by atoms with van der Waals surface area (Å²) in [4.78, 5) is 49.1. The molecule has 0 fully saturated rings. The summed E-state index contributed by atoms with van der Waals surface area (Å²) < 4.78 is 9.75. The van der Waals surface area contributed by atoms with Gasteiger partial charge in [0.2, 0.25) is 0 Å². The minimum absolute atomic E-state index is 0.0579. The van der Waals surface area contributed by atoms with Crippen molar-refractivity contribution in [1.82, 2.24) is 10.2 Å². The summed E-state index contributed by atoms with van der Waals surface area (Å²) in [7, 11) is 1.48. The van der Waals surface area contributed by atoms with E-state index in [0.717, 1.165) is 4.90 Å². The summed E-state index contributed by atoms with van der Waals surface area (Å²) in [5.41, 5.74) is 0.116. The standard InChI is InChI=1S/C16H16Cl2N2O6/c1-8(14(22)19-3-4-25-2)26-13(21)7-20-15(23)9-5-11(17)12(18)6-10(9)16(20)24/h5-6,8H,3-4,7H2,1-2H3,(H,19,22)/t8-/m1/s1. The van der Waals surface area contributed by atoms with Gasteiger partial charge in [-0.1, -0.05) is 23.2 Å². The van der Waals surface area contributed by atoms with E-state index in [1.807, 2.05) is 0 Å². The van der Waals surface area contributed by atoms with E-state index in [9.17, 15) is 19.2 Å². The quantitative estimate of drug-likeness (QED) is 0.418. The van der Waals surface area contributed by atoms with Crippen LogP contribution in [-0.2, 0) is 19.1 Å². The number of carbonyl (C=O) groups is 4. The van der Waals surface area contributed by atoms with Crippen molar-refractivity contribution in [2.75, 3.05) is 26.8 Å². The first-order valence-electron chi connectivity index (χ1n) is 7.57. The van der Waals surface area contributed by atoms with Crippen LogP contribution in [0.4, 0.5) is 0 Å². The number of rotatable bonds is 7. The number of hydrogen-bond donors (Lipinski definition) is 1. The van der Waals surface area contributed by atoms with E-state index in [1.54, 1.807) is 0 Å². The van der Waals surface area contributed by atoms with Crippen LogP contribution in [0.15, 0.2) is 12.1 Å². The monoisotopic (exact) mass is 402 g/mol. The van der Waals surface area contributed by atoms with Crippen LogP contribution in [0.25, 0.3) is 0 Å². The van der Waals surface area contributed by atoms with Gasteiger partial charge in [0.05, 0.1) is 27.8 Å². The molecule has 1 atom stereocenters. The van der Waals surface area contributed by atoms with Gasteiger partial charge >= 0.3 is 5.97 Å². The fourth-order valence-electron chi connectivity index (χ4n) is 2.26. The number of benzene rings is 1. The molecule has 0 saturated carbocycles. The molecule has 1 heterocycles. The Balaban J connectivity index is 1.98. The number of carbonyl (C=O) groups excluding carboxylic acids is 4. The minimum atomic E-state index is -1.08. The van der Waals surface area contributed by atoms with Crippen molar-refractivity contribution in [3.63, 3.8) is 0 Å².